The summed E-state index contributed by atoms with van der Waals surface area (Å²) in [5.41, 5.74) is 0. The zero-order valence-electron chi connectivity index (χ0n) is 9.65. The van der Waals surface area contributed by atoms with Crippen molar-refractivity contribution in [3.05, 3.63) is 30.3 Å². The molecule has 1 aromatic rings. The van der Waals surface area contributed by atoms with Crippen LogP contribution >= 0.6 is 7.82 Å². The predicted molar refractivity (Wildman–Crippen MR) is 63.8 cm³/mol. The summed E-state index contributed by atoms with van der Waals surface area (Å²) >= 11 is 0. The Morgan fingerprint density at radius 2 is 1.94 bits per heavy atom. The molecular weight excluding hydrogens is 243 g/mol. The molecule has 0 heterocycles. The van der Waals surface area contributed by atoms with Crippen molar-refractivity contribution in [2.24, 2.45) is 0 Å². The van der Waals surface area contributed by atoms with Crippen LogP contribution in [0, 0.1) is 0 Å². The number of rotatable bonds is 7. The zero-order chi connectivity index (χ0) is 12.7. The molecule has 0 saturated heterocycles. The average Bonchev–Trinajstić information content (AvgIpc) is 2.27. The maximum Gasteiger partial charge on any atom is 0.469 e. The molecule has 0 amide bonds. The molecule has 0 bridgehead atoms. The molecule has 17 heavy (non-hydrogen) atoms. The number of hydrogen-bond donors (Lipinski definition) is 2. The molecule has 1 atom stereocenters. The van der Waals surface area contributed by atoms with Gasteiger partial charge in [0.25, 0.3) is 0 Å². The molecule has 96 valence electrons. The Labute approximate surface area is 101 Å². The fraction of sp³-hybridized carbons (Fsp3) is 0.455. The Morgan fingerprint density at radius 1 is 1.29 bits per heavy atom. The van der Waals surface area contributed by atoms with Gasteiger partial charge in [-0.25, -0.2) is 4.57 Å². The minimum absolute atomic E-state index is 0.118. The third kappa shape index (κ3) is 6.44. The summed E-state index contributed by atoms with van der Waals surface area (Å²) in [5, 5.41) is 0. The highest BCUT2D eigenvalue weighted by Gasteiger charge is 2.18. The van der Waals surface area contributed by atoms with Gasteiger partial charge in [0.05, 0.1) is 6.61 Å². The van der Waals surface area contributed by atoms with Crippen LogP contribution in [0.25, 0.3) is 0 Å². The van der Waals surface area contributed by atoms with Crippen LogP contribution in [0.2, 0.25) is 0 Å². The number of para-hydroxylation sites is 1. The molecule has 0 radical (unpaired) electrons. The molecular formula is C11H17O5P. The largest absolute Gasteiger partial charge is 0.488 e. The fourth-order valence-corrected chi connectivity index (χ4v) is 1.73. The minimum atomic E-state index is -4.43. The van der Waals surface area contributed by atoms with E-state index in [0.29, 0.717) is 12.2 Å². The number of benzene rings is 1. The average molecular weight is 260 g/mol. The molecule has 0 aliphatic carbocycles. The molecule has 0 spiro atoms. The van der Waals surface area contributed by atoms with E-state index in [0.717, 1.165) is 6.42 Å². The van der Waals surface area contributed by atoms with Gasteiger partial charge in [0.1, 0.15) is 11.9 Å². The molecule has 0 saturated carbocycles. The van der Waals surface area contributed by atoms with Crippen molar-refractivity contribution >= 4 is 7.82 Å². The van der Waals surface area contributed by atoms with E-state index in [9.17, 15) is 4.57 Å². The summed E-state index contributed by atoms with van der Waals surface area (Å²) in [6.07, 6.45) is 1.17. The van der Waals surface area contributed by atoms with Crippen LogP contribution in [0.4, 0.5) is 0 Å². The highest BCUT2D eigenvalue weighted by Crippen LogP contribution is 2.36. The smallest absolute Gasteiger partial charge is 0.469 e. The van der Waals surface area contributed by atoms with Gasteiger partial charge in [-0.3, -0.25) is 4.52 Å². The Kier molecular flexibility index (Phi) is 5.65. The first kappa shape index (κ1) is 14.2. The molecule has 6 heteroatoms. The summed E-state index contributed by atoms with van der Waals surface area (Å²) in [6.45, 7) is 1.85. The molecule has 0 aliphatic heterocycles. The van der Waals surface area contributed by atoms with Crippen molar-refractivity contribution in [1.82, 2.24) is 0 Å². The first-order chi connectivity index (χ1) is 8.01. The van der Waals surface area contributed by atoms with Crippen LogP contribution in [0.5, 0.6) is 5.75 Å². The van der Waals surface area contributed by atoms with Crippen molar-refractivity contribution in [3.63, 3.8) is 0 Å². The van der Waals surface area contributed by atoms with Gasteiger partial charge in [-0.2, -0.15) is 0 Å². The highest BCUT2D eigenvalue weighted by atomic mass is 31.2. The normalized spacial score (nSPS) is 13.4. The van der Waals surface area contributed by atoms with Gasteiger partial charge in [-0.15, -0.1) is 0 Å². The van der Waals surface area contributed by atoms with Gasteiger partial charge in [-0.05, 0) is 18.6 Å². The van der Waals surface area contributed by atoms with Gasteiger partial charge in [0, 0.05) is 0 Å². The second-order valence-corrected chi connectivity index (χ2v) is 4.87. The Morgan fingerprint density at radius 3 is 2.47 bits per heavy atom. The first-order valence-corrected chi connectivity index (χ1v) is 6.96. The molecule has 0 aliphatic rings. The predicted octanol–water partition coefficient (Wildman–Crippen LogP) is 2.34. The molecule has 2 N–H and O–H groups in total. The SMILES string of the molecule is CCCC(COP(=O)(O)O)Oc1ccccc1. The van der Waals surface area contributed by atoms with E-state index in [1.54, 1.807) is 12.1 Å². The van der Waals surface area contributed by atoms with Crippen LogP contribution < -0.4 is 4.74 Å². The summed E-state index contributed by atoms with van der Waals surface area (Å²) in [4.78, 5) is 17.3. The van der Waals surface area contributed by atoms with Crippen molar-refractivity contribution in [2.45, 2.75) is 25.9 Å². The standard InChI is InChI=1S/C11H17O5P/c1-2-6-11(9-15-17(12,13)14)16-10-7-4-3-5-8-10/h3-5,7-8,11H,2,6,9H2,1H3,(H2,12,13,14). The van der Waals surface area contributed by atoms with E-state index in [1.807, 2.05) is 25.1 Å². The van der Waals surface area contributed by atoms with Gasteiger partial charge in [-0.1, -0.05) is 31.5 Å². The fourth-order valence-electron chi connectivity index (χ4n) is 1.37. The molecule has 1 rings (SSSR count). The molecule has 5 nitrogen and oxygen atoms in total. The van der Waals surface area contributed by atoms with Gasteiger partial charge in [0.15, 0.2) is 0 Å². The lowest BCUT2D eigenvalue weighted by atomic mass is 10.2. The zero-order valence-corrected chi connectivity index (χ0v) is 10.5. The van der Waals surface area contributed by atoms with E-state index >= 15 is 0 Å². The van der Waals surface area contributed by atoms with Gasteiger partial charge < -0.3 is 14.5 Å². The lowest BCUT2D eigenvalue weighted by molar-refractivity contribution is 0.0955. The van der Waals surface area contributed by atoms with Crippen LogP contribution in [-0.4, -0.2) is 22.5 Å². The number of phosphoric ester groups is 1. The van der Waals surface area contributed by atoms with Gasteiger partial charge >= 0.3 is 7.82 Å². The Bertz CT molecular complexity index is 361. The number of hydrogen-bond acceptors (Lipinski definition) is 3. The number of phosphoric acid groups is 1. The highest BCUT2D eigenvalue weighted by molar-refractivity contribution is 7.46. The Balaban J connectivity index is 2.51. The van der Waals surface area contributed by atoms with Gasteiger partial charge in [0.2, 0.25) is 0 Å². The molecule has 1 unspecified atom stereocenters. The number of ether oxygens (including phenoxy) is 1. The maximum atomic E-state index is 10.6. The van der Waals surface area contributed by atoms with E-state index < -0.39 is 7.82 Å². The van der Waals surface area contributed by atoms with Crippen molar-refractivity contribution in [2.75, 3.05) is 6.61 Å². The second-order valence-electron chi connectivity index (χ2n) is 3.63. The molecule has 1 aromatic carbocycles. The van der Waals surface area contributed by atoms with Crippen molar-refractivity contribution in [3.8, 4) is 5.75 Å². The van der Waals surface area contributed by atoms with Crippen molar-refractivity contribution in [1.29, 1.82) is 0 Å². The van der Waals surface area contributed by atoms with Crippen LogP contribution in [0.3, 0.4) is 0 Å². The Hall–Kier alpha value is -0.870. The molecule has 0 aromatic heterocycles. The maximum absolute atomic E-state index is 10.6. The summed E-state index contributed by atoms with van der Waals surface area (Å²) in [6, 6.07) is 9.12. The third-order valence-electron chi connectivity index (χ3n) is 2.09. The first-order valence-electron chi connectivity index (χ1n) is 5.43. The van der Waals surface area contributed by atoms with Crippen LogP contribution in [-0.2, 0) is 9.09 Å². The monoisotopic (exact) mass is 260 g/mol. The summed E-state index contributed by atoms with van der Waals surface area (Å²) in [5.74, 6) is 0.667. The molecule has 0 fully saturated rings. The topological polar surface area (TPSA) is 76.0 Å². The van der Waals surface area contributed by atoms with E-state index in [-0.39, 0.29) is 12.7 Å². The lowest BCUT2D eigenvalue weighted by Crippen LogP contribution is -2.22. The summed E-state index contributed by atoms with van der Waals surface area (Å²) < 4.78 is 20.6. The quantitative estimate of drug-likeness (QED) is 0.736. The minimum Gasteiger partial charge on any atom is -0.488 e. The van der Waals surface area contributed by atoms with Crippen LogP contribution in [0.15, 0.2) is 30.3 Å². The third-order valence-corrected chi connectivity index (χ3v) is 2.57. The van der Waals surface area contributed by atoms with E-state index in [1.165, 1.54) is 0 Å². The van der Waals surface area contributed by atoms with Crippen LogP contribution in [0.1, 0.15) is 19.8 Å². The second kappa shape index (κ2) is 6.77. The van der Waals surface area contributed by atoms with E-state index in [4.69, 9.17) is 14.5 Å². The van der Waals surface area contributed by atoms with E-state index in [2.05, 4.69) is 4.52 Å². The van der Waals surface area contributed by atoms with Crippen molar-refractivity contribution < 1.29 is 23.6 Å². The summed E-state index contributed by atoms with van der Waals surface area (Å²) in [7, 11) is -4.43. The lowest BCUT2D eigenvalue weighted by Gasteiger charge is -2.18.